The van der Waals surface area contributed by atoms with E-state index in [1.807, 2.05) is 34.9 Å². The number of nitrogens with one attached hydrogen (secondary N) is 1. The second-order valence-corrected chi connectivity index (χ2v) is 6.80. The van der Waals surface area contributed by atoms with E-state index in [9.17, 15) is 9.59 Å². The van der Waals surface area contributed by atoms with Gasteiger partial charge in [0.2, 0.25) is 5.95 Å². The van der Waals surface area contributed by atoms with Gasteiger partial charge in [-0.05, 0) is 27.2 Å². The monoisotopic (exact) mass is 308 g/mol. The van der Waals surface area contributed by atoms with E-state index in [0.717, 1.165) is 12.1 Å². The van der Waals surface area contributed by atoms with Crippen LogP contribution in [0.3, 0.4) is 0 Å². The Balaban J connectivity index is 2.10. The van der Waals surface area contributed by atoms with Crippen molar-refractivity contribution in [2.45, 2.75) is 38.7 Å². The van der Waals surface area contributed by atoms with Crippen molar-refractivity contribution in [2.75, 3.05) is 32.1 Å². The number of likely N-dealkylation sites (tertiary alicyclic amines) is 1. The molecule has 0 bridgehead atoms. The average Bonchev–Trinajstić information content (AvgIpc) is 2.85. The first-order valence-electron chi connectivity index (χ1n) is 7.42. The van der Waals surface area contributed by atoms with Gasteiger partial charge >= 0.3 is 6.09 Å². The molecule has 7 heteroatoms. The van der Waals surface area contributed by atoms with Crippen LogP contribution in [0.4, 0.5) is 10.7 Å². The summed E-state index contributed by atoms with van der Waals surface area (Å²) in [7, 11) is 3.65. The summed E-state index contributed by atoms with van der Waals surface area (Å²) in [5.41, 5.74) is 0.0398. The molecule has 22 heavy (non-hydrogen) atoms. The van der Waals surface area contributed by atoms with Crippen LogP contribution in [0.1, 0.15) is 38.8 Å². The SMILES string of the molecule is CN(C)c1nc(C2CCN(C(=O)OC(C)(C)C)C2)cc(=O)[nH]1. The number of aromatic amines is 1. The zero-order valence-corrected chi connectivity index (χ0v) is 13.8. The van der Waals surface area contributed by atoms with E-state index in [0.29, 0.717) is 19.0 Å². The van der Waals surface area contributed by atoms with Crippen molar-refractivity contribution in [1.82, 2.24) is 14.9 Å². The minimum atomic E-state index is -0.505. The summed E-state index contributed by atoms with van der Waals surface area (Å²) < 4.78 is 5.38. The van der Waals surface area contributed by atoms with Gasteiger partial charge in [-0.3, -0.25) is 9.78 Å². The highest BCUT2D eigenvalue weighted by Crippen LogP contribution is 2.27. The summed E-state index contributed by atoms with van der Waals surface area (Å²) in [5, 5.41) is 0. The van der Waals surface area contributed by atoms with E-state index in [4.69, 9.17) is 4.74 Å². The molecule has 0 radical (unpaired) electrons. The zero-order chi connectivity index (χ0) is 16.5. The van der Waals surface area contributed by atoms with Gasteiger partial charge in [0, 0.05) is 39.2 Å². The van der Waals surface area contributed by atoms with Gasteiger partial charge in [0.15, 0.2) is 0 Å². The molecule has 2 rings (SSSR count). The van der Waals surface area contributed by atoms with E-state index in [-0.39, 0.29) is 17.6 Å². The summed E-state index contributed by atoms with van der Waals surface area (Å²) in [5.74, 6) is 0.590. The number of ether oxygens (including phenoxy) is 1. The van der Waals surface area contributed by atoms with Crippen molar-refractivity contribution in [3.8, 4) is 0 Å². The molecule has 0 aliphatic carbocycles. The van der Waals surface area contributed by atoms with Crippen LogP contribution < -0.4 is 10.5 Å². The van der Waals surface area contributed by atoms with Crippen molar-refractivity contribution in [3.05, 3.63) is 22.1 Å². The predicted molar refractivity (Wildman–Crippen MR) is 84.3 cm³/mol. The molecular formula is C15H24N4O3. The number of hydrogen-bond acceptors (Lipinski definition) is 5. The van der Waals surface area contributed by atoms with Gasteiger partial charge in [-0.1, -0.05) is 0 Å². The average molecular weight is 308 g/mol. The van der Waals surface area contributed by atoms with E-state index in [2.05, 4.69) is 9.97 Å². The van der Waals surface area contributed by atoms with Crippen LogP contribution in [-0.2, 0) is 4.74 Å². The van der Waals surface area contributed by atoms with E-state index in [1.165, 1.54) is 6.07 Å². The first-order valence-corrected chi connectivity index (χ1v) is 7.42. The second kappa shape index (κ2) is 5.98. The molecule has 1 aromatic rings. The van der Waals surface area contributed by atoms with Crippen molar-refractivity contribution in [1.29, 1.82) is 0 Å². The highest BCUT2D eigenvalue weighted by atomic mass is 16.6. The largest absolute Gasteiger partial charge is 0.444 e. The molecule has 1 fully saturated rings. The molecule has 1 atom stereocenters. The van der Waals surface area contributed by atoms with Gasteiger partial charge < -0.3 is 14.5 Å². The Bertz CT molecular complexity index is 604. The maximum atomic E-state index is 12.1. The summed E-state index contributed by atoms with van der Waals surface area (Å²) >= 11 is 0. The quantitative estimate of drug-likeness (QED) is 0.897. The van der Waals surface area contributed by atoms with Gasteiger partial charge in [0.1, 0.15) is 5.60 Å². The molecule has 7 nitrogen and oxygen atoms in total. The van der Waals surface area contributed by atoms with Gasteiger partial charge in [0.25, 0.3) is 5.56 Å². The molecule has 1 aromatic heterocycles. The van der Waals surface area contributed by atoms with Crippen molar-refractivity contribution in [2.24, 2.45) is 0 Å². The lowest BCUT2D eigenvalue weighted by Crippen LogP contribution is -2.35. The predicted octanol–water partition coefficient (Wildman–Crippen LogP) is 1.56. The molecule has 122 valence electrons. The fraction of sp³-hybridized carbons (Fsp3) is 0.667. The number of aromatic nitrogens is 2. The van der Waals surface area contributed by atoms with Crippen LogP contribution in [-0.4, -0.2) is 53.7 Å². The van der Waals surface area contributed by atoms with Crippen molar-refractivity contribution in [3.63, 3.8) is 0 Å². The molecule has 0 aromatic carbocycles. The lowest BCUT2D eigenvalue weighted by molar-refractivity contribution is 0.0292. The standard InChI is InChI=1S/C15H24N4O3/c1-15(2,3)22-14(21)19-7-6-10(9-19)11-8-12(20)17-13(16-11)18(4)5/h8,10H,6-7,9H2,1-5H3,(H,16,17,20). The normalized spacial score (nSPS) is 18.4. The number of hydrogen-bond donors (Lipinski definition) is 1. The number of rotatable bonds is 2. The third kappa shape index (κ3) is 3.99. The Hall–Kier alpha value is -2.05. The van der Waals surface area contributed by atoms with Gasteiger partial charge in [-0.2, -0.15) is 0 Å². The second-order valence-electron chi connectivity index (χ2n) is 6.80. The van der Waals surface area contributed by atoms with Gasteiger partial charge in [0.05, 0.1) is 5.69 Å². The smallest absolute Gasteiger partial charge is 0.410 e. The van der Waals surface area contributed by atoms with Crippen LogP contribution >= 0.6 is 0 Å². The van der Waals surface area contributed by atoms with Crippen LogP contribution in [0.25, 0.3) is 0 Å². The Labute approximate surface area is 130 Å². The molecule has 1 N–H and O–H groups in total. The zero-order valence-electron chi connectivity index (χ0n) is 13.8. The number of nitrogens with zero attached hydrogens (tertiary/aromatic N) is 3. The topological polar surface area (TPSA) is 78.5 Å². The molecule has 1 amide bonds. The number of anilines is 1. The Morgan fingerprint density at radius 2 is 2.14 bits per heavy atom. The number of carbonyl (C=O) groups excluding carboxylic acids is 1. The maximum absolute atomic E-state index is 12.1. The maximum Gasteiger partial charge on any atom is 0.410 e. The lowest BCUT2D eigenvalue weighted by atomic mass is 10.1. The van der Waals surface area contributed by atoms with Crippen LogP contribution in [0.2, 0.25) is 0 Å². The first-order chi connectivity index (χ1) is 10.2. The molecule has 0 spiro atoms. The minimum Gasteiger partial charge on any atom is -0.444 e. The van der Waals surface area contributed by atoms with E-state index < -0.39 is 5.60 Å². The minimum absolute atomic E-state index is 0.0634. The highest BCUT2D eigenvalue weighted by molar-refractivity contribution is 5.68. The van der Waals surface area contributed by atoms with E-state index in [1.54, 1.807) is 9.80 Å². The fourth-order valence-electron chi connectivity index (χ4n) is 2.38. The Morgan fingerprint density at radius 1 is 1.45 bits per heavy atom. The number of amides is 1. The van der Waals surface area contributed by atoms with Crippen LogP contribution in [0.5, 0.6) is 0 Å². The van der Waals surface area contributed by atoms with Crippen LogP contribution in [0, 0.1) is 0 Å². The molecule has 1 aliphatic rings. The van der Waals surface area contributed by atoms with Crippen molar-refractivity contribution >= 4 is 12.0 Å². The summed E-state index contributed by atoms with van der Waals surface area (Å²) in [6, 6.07) is 1.51. The molecule has 1 aliphatic heterocycles. The summed E-state index contributed by atoms with van der Waals surface area (Å²) in [6.07, 6.45) is 0.468. The highest BCUT2D eigenvalue weighted by Gasteiger charge is 2.31. The van der Waals surface area contributed by atoms with E-state index >= 15 is 0 Å². The van der Waals surface area contributed by atoms with Crippen LogP contribution in [0.15, 0.2) is 10.9 Å². The first kappa shape index (κ1) is 16.3. The third-order valence-corrected chi connectivity index (χ3v) is 3.43. The molecule has 2 heterocycles. The molecule has 1 saturated heterocycles. The molecular weight excluding hydrogens is 284 g/mol. The molecule has 0 saturated carbocycles. The summed E-state index contributed by atoms with van der Waals surface area (Å²) in [4.78, 5) is 34.4. The lowest BCUT2D eigenvalue weighted by Gasteiger charge is -2.24. The Kier molecular flexibility index (Phi) is 4.44. The number of H-pyrrole nitrogens is 1. The van der Waals surface area contributed by atoms with Gasteiger partial charge in [-0.15, -0.1) is 0 Å². The third-order valence-electron chi connectivity index (χ3n) is 3.43. The van der Waals surface area contributed by atoms with Crippen molar-refractivity contribution < 1.29 is 9.53 Å². The Morgan fingerprint density at radius 3 is 2.73 bits per heavy atom. The fourth-order valence-corrected chi connectivity index (χ4v) is 2.38. The number of carbonyl (C=O) groups is 1. The summed E-state index contributed by atoms with van der Waals surface area (Å²) in [6.45, 7) is 6.68. The molecule has 1 unspecified atom stereocenters. The van der Waals surface area contributed by atoms with Gasteiger partial charge in [-0.25, -0.2) is 9.78 Å².